The molecule has 0 heterocycles. The molecule has 1 aromatic carbocycles. The number of carboxylic acids is 1. The normalized spacial score (nSPS) is 9.81. The number of anilines is 1. The Morgan fingerprint density at radius 2 is 2.00 bits per heavy atom. The molecule has 0 spiro atoms. The van der Waals surface area contributed by atoms with Crippen molar-refractivity contribution in [3.63, 3.8) is 0 Å². The van der Waals surface area contributed by atoms with Gasteiger partial charge in [0, 0.05) is 19.2 Å². The molecular formula is C11H15N3O2. The summed E-state index contributed by atoms with van der Waals surface area (Å²) in [6.07, 6.45) is 0.640. The Balaban J connectivity index is 2.67. The number of nitrogens with zero attached hydrogens (tertiary/aromatic N) is 1. The molecule has 0 aliphatic heterocycles. The van der Waals surface area contributed by atoms with E-state index in [-0.39, 0.29) is 12.4 Å². The summed E-state index contributed by atoms with van der Waals surface area (Å²) in [4.78, 5) is 11.9. The van der Waals surface area contributed by atoms with Gasteiger partial charge >= 0.3 is 5.97 Å². The maximum atomic E-state index is 10.4. The first-order valence-corrected chi connectivity index (χ1v) is 4.89. The molecule has 1 aromatic rings. The van der Waals surface area contributed by atoms with Gasteiger partial charge in [-0.3, -0.25) is 10.2 Å². The maximum Gasteiger partial charge on any atom is 0.303 e. The molecule has 0 unspecified atom stereocenters. The number of nitrogens with one attached hydrogen (secondary N) is 1. The zero-order chi connectivity index (χ0) is 12.1. The van der Waals surface area contributed by atoms with E-state index in [1.807, 2.05) is 24.3 Å². The van der Waals surface area contributed by atoms with Crippen molar-refractivity contribution in [2.24, 2.45) is 5.73 Å². The molecule has 0 radical (unpaired) electrons. The van der Waals surface area contributed by atoms with Crippen LogP contribution in [0.2, 0.25) is 0 Å². The second-order valence-electron chi connectivity index (χ2n) is 3.50. The van der Waals surface area contributed by atoms with Gasteiger partial charge in [-0.2, -0.15) is 0 Å². The number of nitrogens with two attached hydrogens (primary N) is 1. The van der Waals surface area contributed by atoms with Crippen LogP contribution in [0.4, 0.5) is 5.69 Å². The second-order valence-corrected chi connectivity index (χ2v) is 3.50. The predicted octanol–water partition coefficient (Wildman–Crippen LogP) is 1.03. The fourth-order valence-electron chi connectivity index (χ4n) is 1.28. The highest BCUT2D eigenvalue weighted by molar-refractivity contribution is 5.91. The summed E-state index contributed by atoms with van der Waals surface area (Å²) in [6, 6.07) is 7.33. The molecule has 0 saturated carbocycles. The molecule has 0 bridgehead atoms. The first kappa shape index (κ1) is 12.0. The monoisotopic (exact) mass is 221 g/mol. The Morgan fingerprint density at radius 1 is 1.44 bits per heavy atom. The Kier molecular flexibility index (Phi) is 3.88. The third-order valence-electron chi connectivity index (χ3n) is 2.31. The van der Waals surface area contributed by atoms with Gasteiger partial charge in [-0.15, -0.1) is 0 Å². The summed E-state index contributed by atoms with van der Waals surface area (Å²) in [6.45, 7) is 0. The molecule has 0 aromatic heterocycles. The van der Waals surface area contributed by atoms with Crippen LogP contribution in [0, 0.1) is 5.41 Å². The van der Waals surface area contributed by atoms with Gasteiger partial charge in [0.25, 0.3) is 0 Å². The van der Waals surface area contributed by atoms with E-state index in [2.05, 4.69) is 0 Å². The molecule has 0 aliphatic carbocycles. The highest BCUT2D eigenvalue weighted by atomic mass is 16.4. The van der Waals surface area contributed by atoms with Crippen molar-refractivity contribution < 1.29 is 9.90 Å². The summed E-state index contributed by atoms with van der Waals surface area (Å²) < 4.78 is 0. The van der Waals surface area contributed by atoms with E-state index in [9.17, 15) is 4.79 Å². The minimum atomic E-state index is -0.801. The van der Waals surface area contributed by atoms with Crippen LogP contribution < -0.4 is 10.6 Å². The number of benzene rings is 1. The van der Waals surface area contributed by atoms with Crippen LogP contribution in [0.5, 0.6) is 0 Å². The van der Waals surface area contributed by atoms with Crippen LogP contribution in [0.25, 0.3) is 0 Å². The van der Waals surface area contributed by atoms with Gasteiger partial charge in [0.05, 0.1) is 0 Å². The average molecular weight is 221 g/mol. The van der Waals surface area contributed by atoms with Gasteiger partial charge in [0.2, 0.25) is 0 Å². The number of rotatable bonds is 4. The Bertz CT molecular complexity index is 387. The number of carboxylic acid groups (broad SMARTS) is 1. The molecule has 5 nitrogen and oxygen atoms in total. The summed E-state index contributed by atoms with van der Waals surface area (Å²) >= 11 is 0. The second kappa shape index (κ2) is 5.16. The minimum Gasteiger partial charge on any atom is -0.481 e. The number of aryl methyl sites for hydroxylation is 1. The molecule has 4 N–H and O–H groups in total. The first-order valence-electron chi connectivity index (χ1n) is 4.89. The summed E-state index contributed by atoms with van der Waals surface area (Å²) in [5.41, 5.74) is 7.11. The highest BCUT2D eigenvalue weighted by Gasteiger charge is 2.03. The van der Waals surface area contributed by atoms with Crippen LogP contribution in [0.1, 0.15) is 12.0 Å². The van der Waals surface area contributed by atoms with Crippen LogP contribution in [-0.2, 0) is 11.2 Å². The van der Waals surface area contributed by atoms with Crippen molar-refractivity contribution >= 4 is 17.6 Å². The van der Waals surface area contributed by atoms with Gasteiger partial charge < -0.3 is 15.7 Å². The Morgan fingerprint density at radius 3 is 2.44 bits per heavy atom. The molecule has 0 saturated heterocycles. The fourth-order valence-corrected chi connectivity index (χ4v) is 1.28. The molecular weight excluding hydrogens is 206 g/mol. The van der Waals surface area contributed by atoms with Crippen LogP contribution in [-0.4, -0.2) is 24.1 Å². The summed E-state index contributed by atoms with van der Waals surface area (Å²) in [5.74, 6) is -0.830. The van der Waals surface area contributed by atoms with Gasteiger partial charge in [0.15, 0.2) is 5.96 Å². The molecule has 16 heavy (non-hydrogen) atoms. The van der Waals surface area contributed by atoms with Crippen molar-refractivity contribution in [3.05, 3.63) is 29.8 Å². The van der Waals surface area contributed by atoms with Gasteiger partial charge in [0.1, 0.15) is 0 Å². The van der Waals surface area contributed by atoms with Crippen molar-refractivity contribution in [1.29, 1.82) is 5.41 Å². The number of hydrogen-bond donors (Lipinski definition) is 3. The summed E-state index contributed by atoms with van der Waals surface area (Å²) in [7, 11) is 1.70. The van der Waals surface area contributed by atoms with Gasteiger partial charge in [-0.25, -0.2) is 0 Å². The smallest absolute Gasteiger partial charge is 0.303 e. The van der Waals surface area contributed by atoms with Crippen molar-refractivity contribution in [2.75, 3.05) is 11.9 Å². The standard InChI is InChI=1S/C11H15N3O2/c1-14(11(12)13)9-5-2-8(3-6-9)4-7-10(15)16/h2-3,5-6H,4,7H2,1H3,(H3,12,13)(H,15,16). The van der Waals surface area contributed by atoms with E-state index in [4.69, 9.17) is 16.2 Å². The molecule has 0 aliphatic rings. The lowest BCUT2D eigenvalue weighted by Crippen LogP contribution is -2.32. The number of aliphatic carboxylic acids is 1. The first-order chi connectivity index (χ1) is 7.50. The van der Waals surface area contributed by atoms with Crippen molar-refractivity contribution in [3.8, 4) is 0 Å². The van der Waals surface area contributed by atoms with E-state index >= 15 is 0 Å². The van der Waals surface area contributed by atoms with Gasteiger partial charge in [-0.1, -0.05) is 12.1 Å². The van der Waals surface area contributed by atoms with Crippen LogP contribution in [0.3, 0.4) is 0 Å². The third-order valence-corrected chi connectivity index (χ3v) is 2.31. The zero-order valence-corrected chi connectivity index (χ0v) is 9.10. The zero-order valence-electron chi connectivity index (χ0n) is 9.10. The van der Waals surface area contributed by atoms with Crippen molar-refractivity contribution in [2.45, 2.75) is 12.8 Å². The lowest BCUT2D eigenvalue weighted by Gasteiger charge is -2.16. The number of hydrogen-bond acceptors (Lipinski definition) is 2. The van der Waals surface area contributed by atoms with Crippen LogP contribution in [0.15, 0.2) is 24.3 Å². The highest BCUT2D eigenvalue weighted by Crippen LogP contribution is 2.14. The van der Waals surface area contributed by atoms with Crippen LogP contribution >= 0.6 is 0 Å². The SMILES string of the molecule is CN(C(=N)N)c1ccc(CCC(=O)O)cc1. The topological polar surface area (TPSA) is 90.4 Å². The Labute approximate surface area is 94.0 Å². The average Bonchev–Trinajstić information content (AvgIpc) is 2.26. The molecule has 0 amide bonds. The maximum absolute atomic E-state index is 10.4. The number of carbonyl (C=O) groups is 1. The molecule has 0 fully saturated rings. The van der Waals surface area contributed by atoms with E-state index in [0.717, 1.165) is 11.3 Å². The largest absolute Gasteiger partial charge is 0.481 e. The Hall–Kier alpha value is -2.04. The van der Waals surface area contributed by atoms with Gasteiger partial charge in [-0.05, 0) is 24.1 Å². The minimum absolute atomic E-state index is 0.0294. The predicted molar refractivity (Wildman–Crippen MR) is 62.7 cm³/mol. The van der Waals surface area contributed by atoms with Crippen molar-refractivity contribution in [1.82, 2.24) is 0 Å². The van der Waals surface area contributed by atoms with E-state index in [0.29, 0.717) is 6.42 Å². The molecule has 5 heteroatoms. The quantitative estimate of drug-likeness (QED) is 0.523. The third kappa shape index (κ3) is 3.27. The summed E-state index contributed by atoms with van der Waals surface area (Å²) in [5, 5.41) is 15.8. The van der Waals surface area contributed by atoms with E-state index in [1.165, 1.54) is 0 Å². The molecule has 1 rings (SSSR count). The molecule has 86 valence electrons. The number of guanidine groups is 1. The lowest BCUT2D eigenvalue weighted by atomic mass is 10.1. The molecule has 0 atom stereocenters. The van der Waals surface area contributed by atoms with E-state index in [1.54, 1.807) is 11.9 Å². The van der Waals surface area contributed by atoms with E-state index < -0.39 is 5.97 Å². The fraction of sp³-hybridized carbons (Fsp3) is 0.273. The lowest BCUT2D eigenvalue weighted by molar-refractivity contribution is -0.136.